The zero-order valence-electron chi connectivity index (χ0n) is 20.9. The van der Waals surface area contributed by atoms with Crippen LogP contribution in [0.1, 0.15) is 23.2 Å². The van der Waals surface area contributed by atoms with Crippen LogP contribution in [-0.2, 0) is 9.59 Å². The van der Waals surface area contributed by atoms with E-state index in [1.807, 2.05) is 36.4 Å². The minimum absolute atomic E-state index is 0.0361. The maximum absolute atomic E-state index is 13.3. The molecule has 0 bridgehead atoms. The first-order chi connectivity index (χ1) is 18.6. The number of aliphatic hydroxyl groups is 2. The zero-order chi connectivity index (χ0) is 27.5. The van der Waals surface area contributed by atoms with E-state index in [0.717, 1.165) is 16.0 Å². The molecule has 0 aromatic heterocycles. The van der Waals surface area contributed by atoms with Crippen LogP contribution in [0, 0.1) is 0 Å². The molecule has 4 aliphatic rings. The summed E-state index contributed by atoms with van der Waals surface area (Å²) in [6.07, 6.45) is 0.215. The molecule has 4 heterocycles. The maximum Gasteiger partial charge on any atom is 0.343 e. The highest BCUT2D eigenvalue weighted by Crippen LogP contribution is 2.41. The van der Waals surface area contributed by atoms with Gasteiger partial charge in [-0.2, -0.15) is 0 Å². The van der Waals surface area contributed by atoms with Crippen molar-refractivity contribution in [1.29, 1.82) is 0 Å². The van der Waals surface area contributed by atoms with Gasteiger partial charge in [-0.05, 0) is 23.3 Å². The van der Waals surface area contributed by atoms with Crippen LogP contribution in [-0.4, -0.2) is 92.3 Å². The summed E-state index contributed by atoms with van der Waals surface area (Å²) in [6, 6.07) is 13.6. The number of amides is 3. The van der Waals surface area contributed by atoms with Gasteiger partial charge in [0.2, 0.25) is 17.6 Å². The largest absolute Gasteiger partial charge is 0.370 e. The third-order valence-electron chi connectivity index (χ3n) is 7.95. The van der Waals surface area contributed by atoms with E-state index >= 15 is 0 Å². The third kappa shape index (κ3) is 3.72. The van der Waals surface area contributed by atoms with Gasteiger partial charge in [-0.25, -0.2) is 10.3 Å². The number of aliphatic imine (C=N–C) groups is 1. The van der Waals surface area contributed by atoms with Gasteiger partial charge < -0.3 is 21.3 Å². The van der Waals surface area contributed by atoms with Crippen molar-refractivity contribution < 1.29 is 29.6 Å². The fraction of sp³-hybridized carbons (Fsp3) is 0.346. The average molecular weight is 534 g/mol. The first-order valence-corrected chi connectivity index (χ1v) is 12.6. The first kappa shape index (κ1) is 24.8. The molecular formula is C26H29N8O5+. The van der Waals surface area contributed by atoms with E-state index in [9.17, 15) is 24.6 Å². The second-order valence-corrected chi connectivity index (χ2v) is 10.2. The molecule has 0 saturated carbocycles. The molecule has 4 aliphatic heterocycles. The fourth-order valence-corrected chi connectivity index (χ4v) is 6.05. The number of carbonyl (C=O) groups excluding carboxylic acids is 3. The lowest BCUT2D eigenvalue weighted by Gasteiger charge is -2.46. The summed E-state index contributed by atoms with van der Waals surface area (Å²) in [4.78, 5) is 47.9. The Hall–Kier alpha value is -4.49. The topological polar surface area (TPSA) is 201 Å². The Kier molecular flexibility index (Phi) is 5.59. The lowest BCUT2D eigenvalue weighted by molar-refractivity contribution is -0.521. The standard InChI is InChI=1S/C26H28N8O5/c27-23-31-21-17(12-33-19(35)9-10-20(33)36)29-24(28)34-13-18(26(38,39)25(21,34)32-23)30-22(37)16-8-4-7-15(11-16)14-5-2-1-3-6-14/h1-8,11,17-18,21,38-39H,9-10,12-13H2,(H2,28,29)(H,30,37)(H3,27,31,32)/p+1/t17-,18-,21-,25-/m0/s1. The smallest absolute Gasteiger partial charge is 0.343 e. The van der Waals surface area contributed by atoms with Crippen molar-refractivity contribution >= 4 is 29.6 Å². The summed E-state index contributed by atoms with van der Waals surface area (Å²) >= 11 is 0. The maximum atomic E-state index is 13.3. The highest BCUT2D eigenvalue weighted by Gasteiger charge is 2.76. The summed E-state index contributed by atoms with van der Waals surface area (Å²) < 4.78 is 0. The minimum atomic E-state index is -2.60. The first-order valence-electron chi connectivity index (χ1n) is 12.6. The Morgan fingerprint density at radius 2 is 1.77 bits per heavy atom. The van der Waals surface area contributed by atoms with Gasteiger partial charge in [0.15, 0.2) is 12.0 Å². The number of hydrogen-bond donors (Lipinski definition) is 7. The SMILES string of the molecule is NC1=N[C@@H](CN2C(=O)CCC2=O)[C@@H]2[NH+]=C(N)N[C@]23N1C[C@H](NC(=O)c1cccc(-c2ccccc2)c1)C3(O)O. The normalized spacial score (nSPS) is 28.9. The number of carbonyl (C=O) groups is 3. The molecule has 202 valence electrons. The molecule has 3 amide bonds. The van der Waals surface area contributed by atoms with Crippen molar-refractivity contribution in [2.75, 3.05) is 13.1 Å². The van der Waals surface area contributed by atoms with Crippen molar-refractivity contribution in [3.05, 3.63) is 60.2 Å². The Morgan fingerprint density at radius 1 is 1.08 bits per heavy atom. The number of nitrogens with zero attached hydrogens (tertiary/aromatic N) is 3. The molecule has 1 spiro atoms. The van der Waals surface area contributed by atoms with Crippen molar-refractivity contribution in [2.24, 2.45) is 16.5 Å². The lowest BCUT2D eigenvalue weighted by atomic mass is 9.84. The van der Waals surface area contributed by atoms with E-state index in [1.54, 1.807) is 18.2 Å². The van der Waals surface area contributed by atoms with Gasteiger partial charge in [-0.15, -0.1) is 0 Å². The summed E-state index contributed by atoms with van der Waals surface area (Å²) in [5.74, 6) is -3.79. The summed E-state index contributed by atoms with van der Waals surface area (Å²) in [7, 11) is 0. The van der Waals surface area contributed by atoms with Crippen molar-refractivity contribution in [2.45, 2.75) is 42.4 Å². The quantitative estimate of drug-likeness (QED) is 0.150. The van der Waals surface area contributed by atoms with Crippen LogP contribution in [0.2, 0.25) is 0 Å². The van der Waals surface area contributed by atoms with Crippen LogP contribution in [0.15, 0.2) is 59.6 Å². The lowest BCUT2D eigenvalue weighted by Crippen LogP contribution is -2.90. The Labute approximate surface area is 223 Å². The molecule has 39 heavy (non-hydrogen) atoms. The second kappa shape index (κ2) is 8.78. The van der Waals surface area contributed by atoms with Crippen LogP contribution in [0.4, 0.5) is 0 Å². The third-order valence-corrected chi connectivity index (χ3v) is 7.95. The summed E-state index contributed by atoms with van der Waals surface area (Å²) in [5.41, 5.74) is 12.7. The van der Waals surface area contributed by atoms with Gasteiger partial charge in [-0.1, -0.05) is 42.5 Å². The van der Waals surface area contributed by atoms with E-state index in [1.165, 1.54) is 4.90 Å². The molecule has 13 heteroatoms. The van der Waals surface area contributed by atoms with Crippen LogP contribution >= 0.6 is 0 Å². The molecule has 2 saturated heterocycles. The second-order valence-electron chi connectivity index (χ2n) is 10.2. The molecular weight excluding hydrogens is 504 g/mol. The number of likely N-dealkylation sites (tertiary alicyclic amines) is 1. The van der Waals surface area contributed by atoms with Gasteiger partial charge in [0, 0.05) is 18.4 Å². The molecule has 13 nitrogen and oxygen atoms in total. The van der Waals surface area contributed by atoms with Gasteiger partial charge in [0.25, 0.3) is 11.6 Å². The van der Waals surface area contributed by atoms with E-state index in [2.05, 4.69) is 20.6 Å². The van der Waals surface area contributed by atoms with E-state index in [4.69, 9.17) is 11.5 Å². The predicted molar refractivity (Wildman–Crippen MR) is 138 cm³/mol. The van der Waals surface area contributed by atoms with Crippen molar-refractivity contribution in [1.82, 2.24) is 20.4 Å². The van der Waals surface area contributed by atoms with Gasteiger partial charge in [-0.3, -0.25) is 34.9 Å². The Bertz CT molecular complexity index is 1410. The average Bonchev–Trinajstić information content (AvgIpc) is 3.52. The Balaban J connectivity index is 1.29. The van der Waals surface area contributed by atoms with Crippen LogP contribution in [0.25, 0.3) is 11.1 Å². The van der Waals surface area contributed by atoms with Gasteiger partial charge in [0.1, 0.15) is 12.1 Å². The predicted octanol–water partition coefficient (Wildman–Crippen LogP) is -3.64. The van der Waals surface area contributed by atoms with Gasteiger partial charge in [0.05, 0.1) is 13.1 Å². The molecule has 6 rings (SSSR count). The molecule has 0 radical (unpaired) electrons. The molecule has 0 unspecified atom stereocenters. The minimum Gasteiger partial charge on any atom is -0.370 e. The number of nitrogens with one attached hydrogen (secondary N) is 3. The number of hydrogen-bond acceptors (Lipinski definition) is 10. The number of rotatable bonds is 5. The highest BCUT2D eigenvalue weighted by atomic mass is 16.5. The number of guanidine groups is 2. The summed E-state index contributed by atoms with van der Waals surface area (Å²) in [6.45, 7) is -0.209. The van der Waals surface area contributed by atoms with E-state index < -0.39 is 35.5 Å². The van der Waals surface area contributed by atoms with Crippen LogP contribution in [0.3, 0.4) is 0 Å². The van der Waals surface area contributed by atoms with Gasteiger partial charge >= 0.3 is 5.96 Å². The molecule has 2 aromatic carbocycles. The van der Waals surface area contributed by atoms with Crippen molar-refractivity contribution in [3.8, 4) is 11.1 Å². The number of nitrogens with two attached hydrogens (primary N) is 2. The molecule has 4 atom stereocenters. The van der Waals surface area contributed by atoms with E-state index in [-0.39, 0.29) is 49.7 Å². The Morgan fingerprint density at radius 3 is 2.49 bits per heavy atom. The molecule has 2 fully saturated rings. The van der Waals surface area contributed by atoms with Crippen molar-refractivity contribution in [3.63, 3.8) is 0 Å². The fourth-order valence-electron chi connectivity index (χ4n) is 6.05. The highest BCUT2D eigenvalue weighted by molar-refractivity contribution is 6.02. The van der Waals surface area contributed by atoms with Crippen LogP contribution in [0.5, 0.6) is 0 Å². The molecule has 9 N–H and O–H groups in total. The monoisotopic (exact) mass is 533 g/mol. The molecule has 0 aliphatic carbocycles. The number of benzene rings is 2. The number of imide groups is 1. The van der Waals surface area contributed by atoms with Crippen LogP contribution < -0.4 is 27.1 Å². The zero-order valence-corrected chi connectivity index (χ0v) is 20.9. The summed E-state index contributed by atoms with van der Waals surface area (Å²) in [5, 5.41) is 28.9. The van der Waals surface area contributed by atoms with E-state index in [0.29, 0.717) is 5.56 Å². The molecule has 2 aromatic rings.